The molecule has 88 valence electrons. The number of hydrogen-bond donors (Lipinski definition) is 1. The summed E-state index contributed by atoms with van der Waals surface area (Å²) < 4.78 is 0. The van der Waals surface area contributed by atoms with Crippen molar-refractivity contribution in [3.05, 3.63) is 0 Å². The van der Waals surface area contributed by atoms with Crippen molar-refractivity contribution in [1.82, 2.24) is 0 Å². The van der Waals surface area contributed by atoms with Gasteiger partial charge in [0.2, 0.25) is 0 Å². The molecule has 0 aromatic carbocycles. The Morgan fingerprint density at radius 1 is 1.27 bits per heavy atom. The zero-order valence-electron chi connectivity index (χ0n) is 10.0. The first-order valence-electron chi connectivity index (χ1n) is 6.31. The molecule has 1 fully saturated rings. The van der Waals surface area contributed by atoms with Crippen LogP contribution in [0.25, 0.3) is 0 Å². The Balaban J connectivity index is 2.12. The lowest BCUT2D eigenvalue weighted by Gasteiger charge is -2.30. The molecule has 15 heavy (non-hydrogen) atoms. The molecule has 0 amide bonds. The normalized spacial score (nSPS) is 26.9. The third-order valence-electron chi connectivity index (χ3n) is 3.84. The summed E-state index contributed by atoms with van der Waals surface area (Å²) in [4.78, 5) is 10.4. The molecular formula is C13H24O2. The summed E-state index contributed by atoms with van der Waals surface area (Å²) >= 11 is 0. The van der Waals surface area contributed by atoms with E-state index in [0.717, 1.165) is 30.6 Å². The first kappa shape index (κ1) is 12.5. The highest BCUT2D eigenvalue weighted by atomic mass is 16.4. The molecule has 0 aromatic rings. The minimum atomic E-state index is -0.647. The molecule has 1 aliphatic rings. The number of aliphatic carboxylic acids is 1. The molecule has 0 bridgehead atoms. The van der Waals surface area contributed by atoms with Gasteiger partial charge in [-0.2, -0.15) is 0 Å². The van der Waals surface area contributed by atoms with Crippen molar-refractivity contribution in [3.8, 4) is 0 Å². The highest BCUT2D eigenvalue weighted by Gasteiger charge is 2.22. The zero-order valence-corrected chi connectivity index (χ0v) is 10.0. The monoisotopic (exact) mass is 212 g/mol. The van der Waals surface area contributed by atoms with Gasteiger partial charge in [-0.25, -0.2) is 0 Å². The average Bonchev–Trinajstić information content (AvgIpc) is 2.18. The highest BCUT2D eigenvalue weighted by Crippen LogP contribution is 2.35. The maximum atomic E-state index is 10.4. The van der Waals surface area contributed by atoms with E-state index in [-0.39, 0.29) is 0 Å². The van der Waals surface area contributed by atoms with Crippen LogP contribution in [-0.2, 0) is 4.79 Å². The first-order chi connectivity index (χ1) is 7.09. The molecule has 0 radical (unpaired) electrons. The smallest absolute Gasteiger partial charge is 0.303 e. The van der Waals surface area contributed by atoms with Gasteiger partial charge in [-0.1, -0.05) is 26.7 Å². The van der Waals surface area contributed by atoms with Gasteiger partial charge in [0.25, 0.3) is 0 Å². The van der Waals surface area contributed by atoms with E-state index >= 15 is 0 Å². The van der Waals surface area contributed by atoms with Crippen molar-refractivity contribution < 1.29 is 9.90 Å². The summed E-state index contributed by atoms with van der Waals surface area (Å²) in [6.45, 7) is 4.63. The molecule has 0 aliphatic heterocycles. The number of carboxylic acid groups (broad SMARTS) is 1. The van der Waals surface area contributed by atoms with Crippen LogP contribution in [0.15, 0.2) is 0 Å². The van der Waals surface area contributed by atoms with Crippen molar-refractivity contribution in [2.45, 2.75) is 58.8 Å². The zero-order chi connectivity index (χ0) is 11.3. The van der Waals surface area contributed by atoms with Gasteiger partial charge in [0.1, 0.15) is 0 Å². The van der Waals surface area contributed by atoms with Crippen molar-refractivity contribution in [3.63, 3.8) is 0 Å². The van der Waals surface area contributed by atoms with Crippen LogP contribution in [-0.4, -0.2) is 11.1 Å². The molecule has 0 aromatic heterocycles. The summed E-state index contributed by atoms with van der Waals surface area (Å²) in [7, 11) is 0. The van der Waals surface area contributed by atoms with E-state index in [4.69, 9.17) is 5.11 Å². The average molecular weight is 212 g/mol. The molecule has 0 heterocycles. The second-order valence-electron chi connectivity index (χ2n) is 5.31. The predicted octanol–water partition coefficient (Wildman–Crippen LogP) is 3.70. The van der Waals surface area contributed by atoms with Gasteiger partial charge in [0.05, 0.1) is 0 Å². The van der Waals surface area contributed by atoms with Gasteiger partial charge in [-0.15, -0.1) is 0 Å². The fraction of sp³-hybridized carbons (Fsp3) is 0.923. The maximum Gasteiger partial charge on any atom is 0.303 e. The van der Waals surface area contributed by atoms with Crippen molar-refractivity contribution in [2.75, 3.05) is 0 Å². The van der Waals surface area contributed by atoms with E-state index in [0.29, 0.717) is 6.42 Å². The lowest BCUT2D eigenvalue weighted by molar-refractivity contribution is -0.137. The number of hydrogen-bond acceptors (Lipinski definition) is 1. The second-order valence-corrected chi connectivity index (χ2v) is 5.31. The Kier molecular flexibility index (Phi) is 5.13. The molecule has 0 unspecified atom stereocenters. The lowest BCUT2D eigenvalue weighted by atomic mass is 9.75. The quantitative estimate of drug-likeness (QED) is 0.754. The van der Waals surface area contributed by atoms with E-state index in [1.165, 1.54) is 25.7 Å². The maximum absolute atomic E-state index is 10.4. The summed E-state index contributed by atoms with van der Waals surface area (Å²) in [5, 5.41) is 8.56. The minimum absolute atomic E-state index is 0.351. The predicted molar refractivity (Wildman–Crippen MR) is 61.8 cm³/mol. The van der Waals surface area contributed by atoms with Gasteiger partial charge < -0.3 is 5.11 Å². The Morgan fingerprint density at radius 2 is 1.87 bits per heavy atom. The topological polar surface area (TPSA) is 37.3 Å². The Morgan fingerprint density at radius 3 is 2.33 bits per heavy atom. The second kappa shape index (κ2) is 6.14. The van der Waals surface area contributed by atoms with E-state index < -0.39 is 5.97 Å². The summed E-state index contributed by atoms with van der Waals surface area (Å²) in [6.07, 6.45) is 7.70. The third kappa shape index (κ3) is 4.67. The summed E-state index contributed by atoms with van der Waals surface area (Å²) in [5.74, 6) is 1.90. The molecule has 0 atom stereocenters. The molecule has 1 aliphatic carbocycles. The van der Waals surface area contributed by atoms with Crippen LogP contribution >= 0.6 is 0 Å². The largest absolute Gasteiger partial charge is 0.481 e. The van der Waals surface area contributed by atoms with Gasteiger partial charge in [-0.05, 0) is 43.4 Å². The lowest BCUT2D eigenvalue weighted by Crippen LogP contribution is -2.18. The van der Waals surface area contributed by atoms with Crippen LogP contribution in [0.1, 0.15) is 58.8 Å². The Labute approximate surface area is 93.1 Å². The fourth-order valence-corrected chi connectivity index (χ4v) is 2.69. The number of carboxylic acids is 1. The fourth-order valence-electron chi connectivity index (χ4n) is 2.69. The van der Waals surface area contributed by atoms with E-state index in [9.17, 15) is 4.79 Å². The van der Waals surface area contributed by atoms with Crippen LogP contribution in [0, 0.1) is 17.8 Å². The van der Waals surface area contributed by atoms with E-state index in [1.807, 2.05) is 0 Å². The Bertz CT molecular complexity index is 191. The van der Waals surface area contributed by atoms with Crippen LogP contribution in [0.5, 0.6) is 0 Å². The van der Waals surface area contributed by atoms with Gasteiger partial charge in [-0.3, -0.25) is 4.79 Å². The molecular weight excluding hydrogens is 188 g/mol. The molecule has 1 saturated carbocycles. The number of carbonyl (C=O) groups is 1. The van der Waals surface area contributed by atoms with Gasteiger partial charge in [0.15, 0.2) is 0 Å². The molecule has 0 spiro atoms. The molecule has 1 N–H and O–H groups in total. The van der Waals surface area contributed by atoms with Crippen molar-refractivity contribution in [1.29, 1.82) is 0 Å². The molecule has 2 heteroatoms. The SMILES string of the molecule is CC(C)C1CCC(CCCC(=O)O)CC1. The van der Waals surface area contributed by atoms with E-state index in [2.05, 4.69) is 13.8 Å². The Hall–Kier alpha value is -0.530. The molecule has 1 rings (SSSR count). The van der Waals surface area contributed by atoms with Crippen LogP contribution in [0.2, 0.25) is 0 Å². The standard InChI is InChI=1S/C13H24O2/c1-10(2)12-8-6-11(7-9-12)4-3-5-13(14)15/h10-12H,3-9H2,1-2H3,(H,14,15). The summed E-state index contributed by atoms with van der Waals surface area (Å²) in [5.41, 5.74) is 0. The minimum Gasteiger partial charge on any atom is -0.481 e. The van der Waals surface area contributed by atoms with Gasteiger partial charge >= 0.3 is 5.97 Å². The summed E-state index contributed by atoms with van der Waals surface area (Å²) in [6, 6.07) is 0. The first-order valence-corrected chi connectivity index (χ1v) is 6.31. The van der Waals surface area contributed by atoms with Crippen LogP contribution < -0.4 is 0 Å². The van der Waals surface area contributed by atoms with Crippen molar-refractivity contribution in [2.24, 2.45) is 17.8 Å². The van der Waals surface area contributed by atoms with Crippen LogP contribution in [0.4, 0.5) is 0 Å². The van der Waals surface area contributed by atoms with E-state index in [1.54, 1.807) is 0 Å². The van der Waals surface area contributed by atoms with Crippen molar-refractivity contribution >= 4 is 5.97 Å². The third-order valence-corrected chi connectivity index (χ3v) is 3.84. The molecule has 2 nitrogen and oxygen atoms in total. The molecule has 0 saturated heterocycles. The van der Waals surface area contributed by atoms with Gasteiger partial charge in [0, 0.05) is 6.42 Å². The number of rotatable bonds is 5. The van der Waals surface area contributed by atoms with Crippen LogP contribution in [0.3, 0.4) is 0 Å². The highest BCUT2D eigenvalue weighted by molar-refractivity contribution is 5.66.